The molecule has 2 aliphatic heterocycles. The number of carbonyl (C=O) groups is 1. The minimum Gasteiger partial charge on any atom is -0.370 e. The van der Waals surface area contributed by atoms with Crippen LogP contribution in [0.3, 0.4) is 0 Å². The second-order valence-corrected chi connectivity index (χ2v) is 7.52. The largest absolute Gasteiger partial charge is 0.370 e. The van der Waals surface area contributed by atoms with Gasteiger partial charge in [-0.15, -0.1) is 5.10 Å². The topological polar surface area (TPSA) is 86.0 Å². The fraction of sp³-hybridized carbons (Fsp3) is 0.611. The summed E-state index contributed by atoms with van der Waals surface area (Å²) in [6.45, 7) is 7.87. The van der Waals surface area contributed by atoms with E-state index in [0.29, 0.717) is 37.1 Å². The third kappa shape index (κ3) is 3.21. The predicted octanol–water partition coefficient (Wildman–Crippen LogP) is 1.56. The number of ether oxygens (including phenoxy) is 1. The number of amides is 1. The van der Waals surface area contributed by atoms with Crippen LogP contribution in [0.2, 0.25) is 0 Å². The number of likely N-dealkylation sites (tertiary alicyclic amines) is 1. The number of hydrogen-bond donors (Lipinski definition) is 0. The maximum Gasteiger partial charge on any atom is 0.272 e. The molecule has 2 aromatic heterocycles. The first-order valence-electron chi connectivity index (χ1n) is 9.15. The van der Waals surface area contributed by atoms with E-state index < -0.39 is 0 Å². The molecular formula is C18H24N6O2. The second kappa shape index (κ2) is 6.75. The molecule has 0 bridgehead atoms. The van der Waals surface area contributed by atoms with E-state index in [1.165, 1.54) is 0 Å². The normalized spacial score (nSPS) is 22.2. The van der Waals surface area contributed by atoms with Gasteiger partial charge in [0.15, 0.2) is 0 Å². The SMILES string of the molecule is Cc1nc(CC(C)C)cc(C(=O)N2CCC3OCc4cnnn4C3C2)n1. The third-order valence-electron chi connectivity index (χ3n) is 4.94. The molecule has 0 aromatic carbocycles. The predicted molar refractivity (Wildman–Crippen MR) is 93.5 cm³/mol. The van der Waals surface area contributed by atoms with E-state index in [4.69, 9.17) is 4.74 Å². The average molecular weight is 356 g/mol. The van der Waals surface area contributed by atoms with Crippen molar-refractivity contribution in [3.63, 3.8) is 0 Å². The van der Waals surface area contributed by atoms with E-state index in [1.54, 1.807) is 6.20 Å². The van der Waals surface area contributed by atoms with E-state index in [9.17, 15) is 4.79 Å². The summed E-state index contributed by atoms with van der Waals surface area (Å²) in [6.07, 6.45) is 3.43. The minimum atomic E-state index is -0.0498. The summed E-state index contributed by atoms with van der Waals surface area (Å²) in [4.78, 5) is 23.8. The Bertz CT molecular complexity index is 818. The van der Waals surface area contributed by atoms with E-state index in [0.717, 1.165) is 24.2 Å². The van der Waals surface area contributed by atoms with Gasteiger partial charge in [0.2, 0.25) is 0 Å². The summed E-state index contributed by atoms with van der Waals surface area (Å²) in [5.74, 6) is 1.07. The number of fused-ring (bicyclic) bond motifs is 3. The maximum absolute atomic E-state index is 13.1. The first kappa shape index (κ1) is 17.1. The highest BCUT2D eigenvalue weighted by Gasteiger charge is 2.38. The molecule has 2 aliphatic rings. The molecule has 0 N–H and O–H groups in total. The molecule has 2 atom stereocenters. The molecule has 0 aliphatic carbocycles. The van der Waals surface area contributed by atoms with Crippen LogP contribution in [0.15, 0.2) is 12.3 Å². The van der Waals surface area contributed by atoms with Gasteiger partial charge >= 0.3 is 0 Å². The highest BCUT2D eigenvalue weighted by atomic mass is 16.5. The first-order chi connectivity index (χ1) is 12.5. The maximum atomic E-state index is 13.1. The van der Waals surface area contributed by atoms with Crippen molar-refractivity contribution in [3.05, 3.63) is 35.2 Å². The van der Waals surface area contributed by atoms with Crippen LogP contribution in [0.4, 0.5) is 0 Å². The summed E-state index contributed by atoms with van der Waals surface area (Å²) < 4.78 is 7.82. The molecule has 8 heteroatoms. The van der Waals surface area contributed by atoms with Crippen molar-refractivity contribution in [3.8, 4) is 0 Å². The van der Waals surface area contributed by atoms with Gasteiger partial charge in [-0.3, -0.25) is 4.79 Å². The number of aryl methyl sites for hydroxylation is 1. The number of aromatic nitrogens is 5. The van der Waals surface area contributed by atoms with Crippen LogP contribution in [0.1, 0.15) is 54.0 Å². The molecule has 2 unspecified atom stereocenters. The molecular weight excluding hydrogens is 332 g/mol. The van der Waals surface area contributed by atoms with Gasteiger partial charge in [0.1, 0.15) is 11.5 Å². The molecule has 0 spiro atoms. The van der Waals surface area contributed by atoms with Crippen LogP contribution >= 0.6 is 0 Å². The number of hydrogen-bond acceptors (Lipinski definition) is 6. The molecule has 2 aromatic rings. The van der Waals surface area contributed by atoms with E-state index >= 15 is 0 Å². The zero-order valence-corrected chi connectivity index (χ0v) is 15.4. The van der Waals surface area contributed by atoms with Crippen molar-refractivity contribution in [2.45, 2.75) is 52.4 Å². The van der Waals surface area contributed by atoms with Gasteiger partial charge in [0.05, 0.1) is 30.6 Å². The van der Waals surface area contributed by atoms with Crippen LogP contribution in [-0.2, 0) is 17.8 Å². The molecule has 0 saturated carbocycles. The van der Waals surface area contributed by atoms with Gasteiger partial charge in [-0.2, -0.15) is 0 Å². The molecule has 1 amide bonds. The van der Waals surface area contributed by atoms with Crippen LogP contribution in [-0.4, -0.2) is 55.0 Å². The van der Waals surface area contributed by atoms with Crippen molar-refractivity contribution in [1.82, 2.24) is 29.9 Å². The van der Waals surface area contributed by atoms with Crippen LogP contribution in [0.25, 0.3) is 0 Å². The zero-order chi connectivity index (χ0) is 18.3. The standard InChI is InChI=1S/C18H24N6O2/c1-11(2)6-13-7-15(21-12(3)20-13)18(25)23-5-4-17-16(9-23)24-14(10-26-17)8-19-22-24/h7-8,11,16-17H,4-6,9-10H2,1-3H3. The monoisotopic (exact) mass is 356 g/mol. The molecule has 4 heterocycles. The lowest BCUT2D eigenvalue weighted by Crippen LogP contribution is -2.50. The summed E-state index contributed by atoms with van der Waals surface area (Å²) in [5, 5.41) is 8.17. The molecule has 1 fully saturated rings. The molecule has 26 heavy (non-hydrogen) atoms. The molecule has 0 radical (unpaired) electrons. The van der Waals surface area contributed by atoms with Gasteiger partial charge in [0, 0.05) is 18.8 Å². The summed E-state index contributed by atoms with van der Waals surface area (Å²) in [6, 6.07) is 1.84. The fourth-order valence-electron chi connectivity index (χ4n) is 3.79. The lowest BCUT2D eigenvalue weighted by molar-refractivity contribution is -0.0605. The number of nitrogens with zero attached hydrogens (tertiary/aromatic N) is 6. The summed E-state index contributed by atoms with van der Waals surface area (Å²) >= 11 is 0. The number of rotatable bonds is 3. The first-order valence-corrected chi connectivity index (χ1v) is 9.15. The smallest absolute Gasteiger partial charge is 0.272 e. The van der Waals surface area contributed by atoms with Crippen LogP contribution in [0, 0.1) is 12.8 Å². The van der Waals surface area contributed by atoms with Gasteiger partial charge < -0.3 is 9.64 Å². The van der Waals surface area contributed by atoms with E-state index in [1.807, 2.05) is 22.6 Å². The number of piperidine rings is 1. The molecule has 8 nitrogen and oxygen atoms in total. The third-order valence-corrected chi connectivity index (χ3v) is 4.94. The minimum absolute atomic E-state index is 0.0111. The molecule has 1 saturated heterocycles. The Morgan fingerprint density at radius 3 is 3.04 bits per heavy atom. The molecule has 4 rings (SSSR count). The van der Waals surface area contributed by atoms with Crippen molar-refractivity contribution < 1.29 is 9.53 Å². The quantitative estimate of drug-likeness (QED) is 0.830. The van der Waals surface area contributed by atoms with Crippen LogP contribution in [0.5, 0.6) is 0 Å². The Morgan fingerprint density at radius 2 is 2.23 bits per heavy atom. The Morgan fingerprint density at radius 1 is 1.38 bits per heavy atom. The summed E-state index contributed by atoms with van der Waals surface area (Å²) in [7, 11) is 0. The lowest BCUT2D eigenvalue weighted by atomic mass is 10.00. The summed E-state index contributed by atoms with van der Waals surface area (Å²) in [5.41, 5.74) is 2.35. The van der Waals surface area contributed by atoms with Gasteiger partial charge in [-0.25, -0.2) is 14.6 Å². The van der Waals surface area contributed by atoms with E-state index in [-0.39, 0.29) is 18.1 Å². The van der Waals surface area contributed by atoms with Crippen molar-refractivity contribution in [2.24, 2.45) is 5.92 Å². The van der Waals surface area contributed by atoms with Crippen molar-refractivity contribution in [2.75, 3.05) is 13.1 Å². The second-order valence-electron chi connectivity index (χ2n) is 7.52. The van der Waals surface area contributed by atoms with Gasteiger partial charge in [-0.05, 0) is 31.7 Å². The number of carbonyl (C=O) groups excluding carboxylic acids is 1. The Hall–Kier alpha value is -2.35. The average Bonchev–Trinajstić information content (AvgIpc) is 3.08. The highest BCUT2D eigenvalue weighted by Crippen LogP contribution is 2.30. The fourth-order valence-corrected chi connectivity index (χ4v) is 3.79. The lowest BCUT2D eigenvalue weighted by Gasteiger charge is -2.40. The van der Waals surface area contributed by atoms with Crippen molar-refractivity contribution >= 4 is 5.91 Å². The van der Waals surface area contributed by atoms with Crippen molar-refractivity contribution in [1.29, 1.82) is 0 Å². The Labute approximate surface area is 152 Å². The highest BCUT2D eigenvalue weighted by molar-refractivity contribution is 5.92. The van der Waals surface area contributed by atoms with E-state index in [2.05, 4.69) is 34.1 Å². The Balaban J connectivity index is 1.55. The Kier molecular flexibility index (Phi) is 4.44. The molecule has 138 valence electrons. The van der Waals surface area contributed by atoms with Gasteiger partial charge in [0.25, 0.3) is 5.91 Å². The zero-order valence-electron chi connectivity index (χ0n) is 15.4. The van der Waals surface area contributed by atoms with Gasteiger partial charge in [-0.1, -0.05) is 19.1 Å². The van der Waals surface area contributed by atoms with Crippen LogP contribution < -0.4 is 0 Å².